The van der Waals surface area contributed by atoms with Crippen LogP contribution in [0, 0.1) is 0 Å². The van der Waals surface area contributed by atoms with Crippen molar-refractivity contribution in [2.24, 2.45) is 0 Å². The summed E-state index contributed by atoms with van der Waals surface area (Å²) in [6.45, 7) is 10.5. The van der Waals surface area contributed by atoms with Gasteiger partial charge in [-0.3, -0.25) is 10.2 Å². The zero-order chi connectivity index (χ0) is 24.3. The van der Waals surface area contributed by atoms with Gasteiger partial charge in [0.2, 0.25) is 0 Å². The lowest BCUT2D eigenvalue weighted by Crippen LogP contribution is -2.42. The second-order valence-corrected chi connectivity index (χ2v) is 9.75. The first-order chi connectivity index (χ1) is 16.2. The summed E-state index contributed by atoms with van der Waals surface area (Å²) < 4.78 is 5.30. The third kappa shape index (κ3) is 5.39. The molecule has 0 bridgehead atoms. The van der Waals surface area contributed by atoms with Crippen molar-refractivity contribution in [2.75, 3.05) is 35.7 Å². The Labute approximate surface area is 201 Å². The summed E-state index contributed by atoms with van der Waals surface area (Å²) in [7, 11) is 2.12. The summed E-state index contributed by atoms with van der Waals surface area (Å²) in [6, 6.07) is 13.2. The van der Waals surface area contributed by atoms with Crippen molar-refractivity contribution >= 4 is 23.4 Å². The van der Waals surface area contributed by atoms with Crippen molar-refractivity contribution in [3.63, 3.8) is 0 Å². The number of anilines is 3. The number of benzene rings is 1. The predicted octanol–water partition coefficient (Wildman–Crippen LogP) is 5.56. The van der Waals surface area contributed by atoms with Gasteiger partial charge in [-0.25, -0.2) is 9.78 Å². The molecular formula is C26H34N6O2. The van der Waals surface area contributed by atoms with Crippen molar-refractivity contribution in [3.8, 4) is 11.1 Å². The Morgan fingerprint density at radius 1 is 1.15 bits per heavy atom. The molecule has 3 aromatic rings. The molecule has 4 rings (SSSR count). The first kappa shape index (κ1) is 23.8. The molecule has 1 atom stereocenters. The van der Waals surface area contributed by atoms with E-state index in [1.54, 1.807) is 6.07 Å². The van der Waals surface area contributed by atoms with E-state index in [0.717, 1.165) is 30.0 Å². The molecule has 3 heterocycles. The molecule has 2 amide bonds. The Morgan fingerprint density at radius 3 is 2.50 bits per heavy atom. The van der Waals surface area contributed by atoms with Gasteiger partial charge in [-0.2, -0.15) is 0 Å². The highest BCUT2D eigenvalue weighted by Crippen LogP contribution is 2.27. The summed E-state index contributed by atoms with van der Waals surface area (Å²) in [6.07, 6.45) is 4.72. The van der Waals surface area contributed by atoms with Gasteiger partial charge in [0.05, 0.1) is 6.17 Å². The predicted molar refractivity (Wildman–Crippen MR) is 136 cm³/mol. The van der Waals surface area contributed by atoms with E-state index in [-0.39, 0.29) is 11.4 Å². The molecule has 0 spiro atoms. The highest BCUT2D eigenvalue weighted by molar-refractivity contribution is 5.99. The van der Waals surface area contributed by atoms with Crippen LogP contribution in [0.1, 0.15) is 46.3 Å². The molecule has 1 fully saturated rings. The Bertz CT molecular complexity index is 1100. The molecule has 0 aliphatic carbocycles. The Balaban J connectivity index is 1.36. The van der Waals surface area contributed by atoms with Crippen LogP contribution in [-0.4, -0.2) is 47.4 Å². The first-order valence-electron chi connectivity index (χ1n) is 11.8. The summed E-state index contributed by atoms with van der Waals surface area (Å²) in [5, 5.41) is 9.44. The van der Waals surface area contributed by atoms with Gasteiger partial charge >= 0.3 is 6.03 Å². The number of hydrogen-bond acceptors (Lipinski definition) is 6. The zero-order valence-corrected chi connectivity index (χ0v) is 20.6. The number of likely N-dealkylation sites (tertiary alicyclic amines) is 1. The average molecular weight is 463 g/mol. The van der Waals surface area contributed by atoms with Crippen LogP contribution in [0.5, 0.6) is 0 Å². The standard InChI is InChI=1S/C26H34N6O2/c1-6-32-15-7-8-24(32)31(5)23-14-11-19(17-27-23)18-9-12-20(13-10-18)28-25(33)29-22-16-21(34-30-22)26(2,3)4/h9-14,16-17,24H,6-8,15H2,1-5H3,(H2,28,29,30,33). The molecule has 1 unspecified atom stereocenters. The lowest BCUT2D eigenvalue weighted by Gasteiger charge is -2.32. The molecular weight excluding hydrogens is 428 g/mol. The Kier molecular flexibility index (Phi) is 6.88. The maximum Gasteiger partial charge on any atom is 0.324 e. The van der Waals surface area contributed by atoms with Crippen LogP contribution in [-0.2, 0) is 5.41 Å². The van der Waals surface area contributed by atoms with Crippen molar-refractivity contribution in [3.05, 3.63) is 54.4 Å². The van der Waals surface area contributed by atoms with Crippen molar-refractivity contribution in [1.82, 2.24) is 15.0 Å². The van der Waals surface area contributed by atoms with E-state index >= 15 is 0 Å². The molecule has 2 N–H and O–H groups in total. The number of urea groups is 1. The quantitative estimate of drug-likeness (QED) is 0.499. The van der Waals surface area contributed by atoms with Gasteiger partial charge < -0.3 is 14.7 Å². The lowest BCUT2D eigenvalue weighted by atomic mass is 9.93. The molecule has 34 heavy (non-hydrogen) atoms. The summed E-state index contributed by atoms with van der Waals surface area (Å²) in [4.78, 5) is 21.8. The molecule has 8 nitrogen and oxygen atoms in total. The van der Waals surface area contributed by atoms with E-state index in [1.165, 1.54) is 12.8 Å². The monoisotopic (exact) mass is 462 g/mol. The van der Waals surface area contributed by atoms with Gasteiger partial charge in [0.1, 0.15) is 11.6 Å². The van der Waals surface area contributed by atoms with Gasteiger partial charge in [-0.1, -0.05) is 45.0 Å². The molecule has 2 aromatic heterocycles. The van der Waals surface area contributed by atoms with Crippen LogP contribution in [0.3, 0.4) is 0 Å². The highest BCUT2D eigenvalue weighted by atomic mass is 16.5. The highest BCUT2D eigenvalue weighted by Gasteiger charge is 2.27. The fourth-order valence-corrected chi connectivity index (χ4v) is 4.25. The number of aromatic nitrogens is 2. The zero-order valence-electron chi connectivity index (χ0n) is 20.6. The fraction of sp³-hybridized carbons (Fsp3) is 0.423. The molecule has 8 heteroatoms. The normalized spacial score (nSPS) is 16.4. The van der Waals surface area contributed by atoms with Crippen LogP contribution in [0.4, 0.5) is 22.1 Å². The fourth-order valence-electron chi connectivity index (χ4n) is 4.25. The number of carbonyl (C=O) groups excluding carboxylic acids is 1. The molecule has 1 aliphatic heterocycles. The van der Waals surface area contributed by atoms with E-state index in [9.17, 15) is 4.79 Å². The number of pyridine rings is 1. The summed E-state index contributed by atoms with van der Waals surface area (Å²) >= 11 is 0. The first-order valence-corrected chi connectivity index (χ1v) is 11.8. The van der Waals surface area contributed by atoms with Crippen molar-refractivity contribution in [1.29, 1.82) is 0 Å². The van der Waals surface area contributed by atoms with Crippen LogP contribution >= 0.6 is 0 Å². The smallest absolute Gasteiger partial charge is 0.324 e. The van der Waals surface area contributed by atoms with Crippen molar-refractivity contribution in [2.45, 2.75) is 52.1 Å². The van der Waals surface area contributed by atoms with Gasteiger partial charge in [0, 0.05) is 42.5 Å². The minimum absolute atomic E-state index is 0.173. The lowest BCUT2D eigenvalue weighted by molar-refractivity contribution is 0.262. The second kappa shape index (κ2) is 9.85. The number of rotatable bonds is 6. The molecule has 0 radical (unpaired) electrons. The van der Waals surface area contributed by atoms with Gasteiger partial charge in [-0.15, -0.1) is 0 Å². The van der Waals surface area contributed by atoms with Crippen LogP contribution in [0.15, 0.2) is 53.2 Å². The third-order valence-corrected chi connectivity index (χ3v) is 6.26. The van der Waals surface area contributed by atoms with Crippen LogP contribution in [0.25, 0.3) is 11.1 Å². The van der Waals surface area contributed by atoms with E-state index in [2.05, 4.69) is 51.7 Å². The van der Waals surface area contributed by atoms with Gasteiger partial charge in [0.15, 0.2) is 5.82 Å². The Hall–Kier alpha value is -3.39. The Morgan fingerprint density at radius 2 is 1.88 bits per heavy atom. The molecule has 1 saturated heterocycles. The molecule has 180 valence electrons. The largest absolute Gasteiger partial charge is 0.359 e. The number of amides is 2. The van der Waals surface area contributed by atoms with Crippen LogP contribution in [0.2, 0.25) is 0 Å². The molecule has 0 saturated carbocycles. The van der Waals surface area contributed by atoms with Gasteiger partial charge in [-0.05, 0) is 49.2 Å². The minimum Gasteiger partial charge on any atom is -0.359 e. The minimum atomic E-state index is -0.372. The van der Waals surface area contributed by atoms with Crippen LogP contribution < -0.4 is 15.5 Å². The number of hydrogen-bond donors (Lipinski definition) is 2. The third-order valence-electron chi connectivity index (χ3n) is 6.26. The second-order valence-electron chi connectivity index (χ2n) is 9.75. The SMILES string of the molecule is CCN1CCCC1N(C)c1ccc(-c2ccc(NC(=O)Nc3cc(C(C)(C)C)on3)cc2)cn1. The maximum absolute atomic E-state index is 12.3. The number of nitrogens with zero attached hydrogens (tertiary/aromatic N) is 4. The van der Waals surface area contributed by atoms with Crippen molar-refractivity contribution < 1.29 is 9.32 Å². The topological polar surface area (TPSA) is 86.5 Å². The number of nitrogens with one attached hydrogen (secondary N) is 2. The summed E-state index contributed by atoms with van der Waals surface area (Å²) in [5.74, 6) is 2.07. The summed E-state index contributed by atoms with van der Waals surface area (Å²) in [5.41, 5.74) is 2.58. The van der Waals surface area contributed by atoms with E-state index < -0.39 is 0 Å². The van der Waals surface area contributed by atoms with E-state index in [0.29, 0.717) is 23.4 Å². The van der Waals surface area contributed by atoms with E-state index in [4.69, 9.17) is 9.51 Å². The van der Waals surface area contributed by atoms with Gasteiger partial charge in [0.25, 0.3) is 0 Å². The maximum atomic E-state index is 12.3. The van der Waals surface area contributed by atoms with E-state index in [1.807, 2.05) is 51.2 Å². The average Bonchev–Trinajstić information content (AvgIpc) is 3.48. The molecule has 1 aromatic carbocycles. The molecule has 1 aliphatic rings. The number of carbonyl (C=O) groups is 1.